The minimum absolute atomic E-state index is 0.221. The van der Waals surface area contributed by atoms with Crippen LogP contribution in [-0.4, -0.2) is 24.1 Å². The molecule has 0 saturated carbocycles. The second-order valence-electron chi connectivity index (χ2n) is 5.09. The van der Waals surface area contributed by atoms with E-state index < -0.39 is 20.8 Å². The van der Waals surface area contributed by atoms with Crippen molar-refractivity contribution in [1.29, 1.82) is 0 Å². The van der Waals surface area contributed by atoms with Crippen LogP contribution < -0.4 is 0 Å². The normalized spacial score (nSPS) is 11.9. The number of imidazole rings is 1. The maximum atomic E-state index is 12.9. The van der Waals surface area contributed by atoms with E-state index in [9.17, 15) is 17.2 Å². The SMILES string of the molecule is O=S(=O)(c1nc(-c2ccc(Cl)cc2)c(-c2ccc(Cl)cc2)[nH]1)C(F)F. The summed E-state index contributed by atoms with van der Waals surface area (Å²) in [7, 11) is -4.86. The fourth-order valence-electron chi connectivity index (χ4n) is 2.21. The Labute approximate surface area is 152 Å². The number of halogens is 4. The van der Waals surface area contributed by atoms with Gasteiger partial charge in [-0.05, 0) is 24.3 Å². The van der Waals surface area contributed by atoms with Gasteiger partial charge >= 0.3 is 5.76 Å². The molecule has 0 saturated heterocycles. The molecule has 1 aromatic heterocycles. The highest BCUT2D eigenvalue weighted by atomic mass is 35.5. The molecule has 0 amide bonds. The number of sulfone groups is 1. The molecule has 1 heterocycles. The number of aromatic nitrogens is 2. The van der Waals surface area contributed by atoms with E-state index in [1.807, 2.05) is 0 Å². The molecule has 0 spiro atoms. The van der Waals surface area contributed by atoms with Crippen molar-refractivity contribution in [2.45, 2.75) is 10.9 Å². The lowest BCUT2D eigenvalue weighted by molar-refractivity contribution is 0.234. The molecule has 0 aliphatic rings. The number of hydrogen-bond acceptors (Lipinski definition) is 3. The van der Waals surface area contributed by atoms with Crippen LogP contribution in [0.1, 0.15) is 0 Å². The van der Waals surface area contributed by atoms with Crippen molar-refractivity contribution in [2.24, 2.45) is 0 Å². The first-order valence-corrected chi connectivity index (χ1v) is 9.23. The number of aromatic amines is 1. The van der Waals surface area contributed by atoms with Gasteiger partial charge in [-0.1, -0.05) is 47.5 Å². The zero-order chi connectivity index (χ0) is 18.2. The molecular formula is C16H10Cl2F2N2O2S. The highest BCUT2D eigenvalue weighted by Gasteiger charge is 2.31. The summed E-state index contributed by atoms with van der Waals surface area (Å²) in [6.07, 6.45) is 0. The molecule has 3 rings (SSSR count). The van der Waals surface area contributed by atoms with Crippen LogP contribution in [0.3, 0.4) is 0 Å². The van der Waals surface area contributed by atoms with E-state index in [-0.39, 0.29) is 5.69 Å². The van der Waals surface area contributed by atoms with Crippen LogP contribution in [-0.2, 0) is 9.84 Å². The fourth-order valence-corrected chi connectivity index (χ4v) is 3.10. The molecule has 0 atom stereocenters. The Kier molecular flexibility index (Phi) is 4.81. The Morgan fingerprint density at radius 3 is 1.84 bits per heavy atom. The first-order valence-electron chi connectivity index (χ1n) is 6.93. The molecule has 0 bridgehead atoms. The largest absolute Gasteiger partial charge is 0.344 e. The maximum Gasteiger partial charge on any atom is 0.344 e. The minimum atomic E-state index is -4.86. The van der Waals surface area contributed by atoms with Gasteiger partial charge in [-0.3, -0.25) is 0 Å². The van der Waals surface area contributed by atoms with Gasteiger partial charge in [0.15, 0.2) is 0 Å². The summed E-state index contributed by atoms with van der Waals surface area (Å²) in [5.41, 5.74) is 1.59. The molecule has 0 aliphatic heterocycles. The lowest BCUT2D eigenvalue weighted by Gasteiger charge is -2.03. The minimum Gasteiger partial charge on any atom is -0.328 e. The fraction of sp³-hybridized carbons (Fsp3) is 0.0625. The lowest BCUT2D eigenvalue weighted by atomic mass is 10.1. The van der Waals surface area contributed by atoms with Crippen molar-refractivity contribution < 1.29 is 17.2 Å². The summed E-state index contributed by atoms with van der Waals surface area (Å²) < 4.78 is 49.3. The van der Waals surface area contributed by atoms with Crippen molar-refractivity contribution >= 4 is 33.0 Å². The van der Waals surface area contributed by atoms with Gasteiger partial charge in [-0.2, -0.15) is 8.78 Å². The predicted octanol–water partition coefficient (Wildman–Crippen LogP) is 5.05. The summed E-state index contributed by atoms with van der Waals surface area (Å²) >= 11 is 11.7. The molecule has 0 fully saturated rings. The van der Waals surface area contributed by atoms with Crippen molar-refractivity contribution in [3.8, 4) is 22.5 Å². The second kappa shape index (κ2) is 6.74. The third kappa shape index (κ3) is 3.53. The average molecular weight is 403 g/mol. The quantitative estimate of drug-likeness (QED) is 0.664. The Morgan fingerprint density at radius 2 is 1.36 bits per heavy atom. The van der Waals surface area contributed by atoms with Gasteiger partial charge in [0, 0.05) is 21.2 Å². The predicted molar refractivity (Wildman–Crippen MR) is 92.7 cm³/mol. The first-order chi connectivity index (χ1) is 11.8. The number of nitrogens with zero attached hydrogens (tertiary/aromatic N) is 1. The zero-order valence-corrected chi connectivity index (χ0v) is 14.7. The summed E-state index contributed by atoms with van der Waals surface area (Å²) in [6.45, 7) is 0. The zero-order valence-electron chi connectivity index (χ0n) is 12.4. The molecule has 0 unspecified atom stereocenters. The molecular weight excluding hydrogens is 393 g/mol. The van der Waals surface area contributed by atoms with Crippen molar-refractivity contribution in [1.82, 2.24) is 9.97 Å². The molecule has 4 nitrogen and oxygen atoms in total. The van der Waals surface area contributed by atoms with Crippen molar-refractivity contribution in [3.05, 3.63) is 58.6 Å². The number of H-pyrrole nitrogens is 1. The molecule has 0 aliphatic carbocycles. The number of benzene rings is 2. The number of rotatable bonds is 4. The third-order valence-electron chi connectivity index (χ3n) is 3.44. The molecule has 3 aromatic rings. The molecule has 0 radical (unpaired) electrons. The lowest BCUT2D eigenvalue weighted by Crippen LogP contribution is -2.13. The van der Waals surface area contributed by atoms with Gasteiger partial charge in [0.25, 0.3) is 9.84 Å². The summed E-state index contributed by atoms with van der Waals surface area (Å²) in [5, 5.41) is 0.168. The monoisotopic (exact) mass is 402 g/mol. The van der Waals surface area contributed by atoms with E-state index in [1.165, 1.54) is 0 Å². The van der Waals surface area contributed by atoms with Crippen molar-refractivity contribution in [2.75, 3.05) is 0 Å². The van der Waals surface area contributed by atoms with Crippen LogP contribution >= 0.6 is 23.2 Å². The summed E-state index contributed by atoms with van der Waals surface area (Å²) in [5.74, 6) is -3.57. The van der Waals surface area contributed by atoms with E-state index in [2.05, 4.69) is 9.97 Å². The first kappa shape index (κ1) is 17.8. The molecule has 25 heavy (non-hydrogen) atoms. The van der Waals surface area contributed by atoms with Crippen LogP contribution in [0.15, 0.2) is 53.7 Å². The molecule has 1 N–H and O–H groups in total. The van der Waals surface area contributed by atoms with Crippen LogP contribution in [0.5, 0.6) is 0 Å². The van der Waals surface area contributed by atoms with Gasteiger partial charge in [0.1, 0.15) is 0 Å². The Bertz CT molecular complexity index is 939. The highest BCUT2D eigenvalue weighted by molar-refractivity contribution is 7.91. The second-order valence-corrected chi connectivity index (χ2v) is 7.79. The van der Waals surface area contributed by atoms with Gasteiger partial charge < -0.3 is 4.98 Å². The van der Waals surface area contributed by atoms with E-state index in [0.717, 1.165) is 0 Å². The van der Waals surface area contributed by atoms with Gasteiger partial charge in [0.05, 0.1) is 11.4 Å². The van der Waals surface area contributed by atoms with E-state index in [0.29, 0.717) is 26.9 Å². The van der Waals surface area contributed by atoms with Gasteiger partial charge in [-0.15, -0.1) is 0 Å². The maximum absolute atomic E-state index is 12.9. The van der Waals surface area contributed by atoms with Crippen LogP contribution in [0.25, 0.3) is 22.5 Å². The third-order valence-corrected chi connectivity index (χ3v) is 5.14. The summed E-state index contributed by atoms with van der Waals surface area (Å²) in [6, 6.07) is 12.9. The molecule has 130 valence electrons. The highest BCUT2D eigenvalue weighted by Crippen LogP contribution is 2.33. The molecule has 2 aromatic carbocycles. The number of hydrogen-bond donors (Lipinski definition) is 1. The standard InChI is InChI=1S/C16H10Cl2F2N2O2S/c17-11-5-1-9(2-6-11)13-14(10-3-7-12(18)8-4-10)22-16(21-13)25(23,24)15(19)20/h1-8,15H,(H,21,22). The number of alkyl halides is 2. The summed E-state index contributed by atoms with van der Waals surface area (Å²) in [4.78, 5) is 6.40. The van der Waals surface area contributed by atoms with Crippen LogP contribution in [0, 0.1) is 0 Å². The smallest absolute Gasteiger partial charge is 0.328 e. The average Bonchev–Trinajstić information content (AvgIpc) is 3.02. The number of nitrogens with one attached hydrogen (secondary N) is 1. The van der Waals surface area contributed by atoms with Gasteiger partial charge in [0.2, 0.25) is 5.16 Å². The topological polar surface area (TPSA) is 62.8 Å². The van der Waals surface area contributed by atoms with Crippen LogP contribution in [0.2, 0.25) is 10.0 Å². The Balaban J connectivity index is 2.22. The van der Waals surface area contributed by atoms with Gasteiger partial charge in [-0.25, -0.2) is 13.4 Å². The van der Waals surface area contributed by atoms with E-state index >= 15 is 0 Å². The van der Waals surface area contributed by atoms with E-state index in [1.54, 1.807) is 48.5 Å². The van der Waals surface area contributed by atoms with Crippen molar-refractivity contribution in [3.63, 3.8) is 0 Å². The van der Waals surface area contributed by atoms with E-state index in [4.69, 9.17) is 23.2 Å². The Morgan fingerprint density at radius 1 is 0.880 bits per heavy atom. The Hall–Kier alpha value is -1.96. The van der Waals surface area contributed by atoms with Crippen LogP contribution in [0.4, 0.5) is 8.78 Å². The molecule has 9 heteroatoms.